The van der Waals surface area contributed by atoms with E-state index in [9.17, 15) is 0 Å². The molecule has 2 nitrogen and oxygen atoms in total. The summed E-state index contributed by atoms with van der Waals surface area (Å²) < 4.78 is 13.5. The van der Waals surface area contributed by atoms with Crippen LogP contribution in [-0.4, -0.2) is 7.11 Å². The highest BCUT2D eigenvalue weighted by molar-refractivity contribution is 9.11. The molecule has 1 aliphatic heterocycles. The maximum atomic E-state index is 6.82. The maximum Gasteiger partial charge on any atom is 0.177 e. The Balaban J connectivity index is 1.92. The monoisotopic (exact) mass is 470 g/mol. The van der Waals surface area contributed by atoms with Crippen molar-refractivity contribution < 1.29 is 9.47 Å². The lowest BCUT2D eigenvalue weighted by Crippen LogP contribution is -2.35. The molecule has 2 aromatic heterocycles. The first-order chi connectivity index (χ1) is 13.1. The van der Waals surface area contributed by atoms with Gasteiger partial charge in [-0.1, -0.05) is 63.7 Å². The van der Waals surface area contributed by atoms with Crippen LogP contribution >= 0.6 is 38.6 Å². The first-order valence-corrected chi connectivity index (χ1v) is 12.7. The average Bonchev–Trinajstić information content (AvgIpc) is 3.25. The number of methoxy groups -OCH3 is 1. The minimum atomic E-state index is -0.182. The van der Waals surface area contributed by atoms with E-state index >= 15 is 0 Å². The highest BCUT2D eigenvalue weighted by atomic mass is 79.9. The second-order valence-electron chi connectivity index (χ2n) is 7.47. The minimum absolute atomic E-state index is 0.182. The lowest BCUT2D eigenvalue weighted by Gasteiger charge is -2.38. The summed E-state index contributed by atoms with van der Waals surface area (Å²) in [5.41, 5.74) is 1.21. The molecule has 0 spiro atoms. The number of thiophene rings is 2. The molecule has 1 aliphatic rings. The van der Waals surface area contributed by atoms with Crippen LogP contribution < -0.4 is 9.47 Å². The molecule has 0 radical (unpaired) electrons. The smallest absolute Gasteiger partial charge is 0.177 e. The van der Waals surface area contributed by atoms with Crippen LogP contribution in [-0.2, 0) is 5.60 Å². The summed E-state index contributed by atoms with van der Waals surface area (Å²) in [6.45, 7) is 4.55. The number of hydrogen-bond acceptors (Lipinski definition) is 4. The van der Waals surface area contributed by atoms with Gasteiger partial charge in [0.25, 0.3) is 0 Å². The van der Waals surface area contributed by atoms with Crippen molar-refractivity contribution in [2.45, 2.75) is 83.7 Å². The summed E-state index contributed by atoms with van der Waals surface area (Å²) in [5.74, 6) is 1.02. The van der Waals surface area contributed by atoms with Gasteiger partial charge in [-0.3, -0.25) is 0 Å². The maximum absolute atomic E-state index is 6.82. The van der Waals surface area contributed by atoms with Gasteiger partial charge in [-0.15, -0.1) is 11.3 Å². The lowest BCUT2D eigenvalue weighted by molar-refractivity contribution is 0.0396. The minimum Gasteiger partial charge on any atom is -0.487 e. The van der Waals surface area contributed by atoms with Crippen LogP contribution in [0, 0.1) is 0 Å². The molecule has 0 aliphatic carbocycles. The summed E-state index contributed by atoms with van der Waals surface area (Å²) >= 11 is 7.28. The van der Waals surface area contributed by atoms with E-state index in [1.807, 2.05) is 11.3 Å². The van der Waals surface area contributed by atoms with Gasteiger partial charge in [-0.05, 0) is 47.7 Å². The Morgan fingerprint density at radius 2 is 1.59 bits per heavy atom. The van der Waals surface area contributed by atoms with Crippen molar-refractivity contribution in [3.63, 3.8) is 0 Å². The molecule has 0 saturated heterocycles. The van der Waals surface area contributed by atoms with Crippen molar-refractivity contribution in [2.75, 3.05) is 7.11 Å². The average molecular weight is 472 g/mol. The van der Waals surface area contributed by atoms with E-state index in [4.69, 9.17) is 9.47 Å². The van der Waals surface area contributed by atoms with Gasteiger partial charge in [0, 0.05) is 11.6 Å². The van der Waals surface area contributed by atoms with Gasteiger partial charge in [0.15, 0.2) is 5.06 Å². The summed E-state index contributed by atoms with van der Waals surface area (Å²) in [6.07, 6.45) is 12.4. The molecular weight excluding hydrogens is 440 g/mol. The van der Waals surface area contributed by atoms with Gasteiger partial charge in [0.1, 0.15) is 11.4 Å². The molecule has 2 aromatic rings. The van der Waals surface area contributed by atoms with Crippen LogP contribution in [0.4, 0.5) is 0 Å². The fourth-order valence-corrected chi connectivity index (χ4v) is 6.73. The summed E-state index contributed by atoms with van der Waals surface area (Å²) in [4.78, 5) is 2.61. The van der Waals surface area contributed by atoms with Crippen LogP contribution in [0.25, 0.3) is 9.75 Å². The Hall–Kier alpha value is -0.520. The molecule has 0 N–H and O–H groups in total. The van der Waals surface area contributed by atoms with Crippen molar-refractivity contribution in [1.82, 2.24) is 0 Å². The van der Waals surface area contributed by atoms with Gasteiger partial charge >= 0.3 is 0 Å². The van der Waals surface area contributed by atoms with Crippen molar-refractivity contribution in [3.8, 4) is 20.6 Å². The number of rotatable bonds is 11. The highest BCUT2D eigenvalue weighted by Crippen LogP contribution is 2.57. The first-order valence-electron chi connectivity index (χ1n) is 10.3. The largest absolute Gasteiger partial charge is 0.487 e. The fourth-order valence-electron chi connectivity index (χ4n) is 3.99. The van der Waals surface area contributed by atoms with Crippen LogP contribution in [0.15, 0.2) is 15.9 Å². The Kier molecular flexibility index (Phi) is 7.69. The molecule has 0 saturated carbocycles. The summed E-state index contributed by atoms with van der Waals surface area (Å²) in [6, 6.07) is 4.40. The molecule has 0 unspecified atom stereocenters. The van der Waals surface area contributed by atoms with Crippen molar-refractivity contribution in [2.24, 2.45) is 0 Å². The zero-order valence-corrected chi connectivity index (χ0v) is 20.0. The second-order valence-corrected chi connectivity index (χ2v) is 10.9. The van der Waals surface area contributed by atoms with Crippen LogP contribution in [0.1, 0.15) is 83.6 Å². The van der Waals surface area contributed by atoms with Gasteiger partial charge in [-0.2, -0.15) is 0 Å². The molecule has 5 heteroatoms. The number of ether oxygens (including phenoxy) is 2. The predicted octanol–water partition coefficient (Wildman–Crippen LogP) is 8.78. The van der Waals surface area contributed by atoms with E-state index in [-0.39, 0.29) is 5.60 Å². The van der Waals surface area contributed by atoms with E-state index in [1.165, 1.54) is 70.5 Å². The molecule has 3 heterocycles. The lowest BCUT2D eigenvalue weighted by atomic mass is 9.82. The van der Waals surface area contributed by atoms with Crippen LogP contribution in [0.2, 0.25) is 0 Å². The third kappa shape index (κ3) is 4.73. The molecule has 27 heavy (non-hydrogen) atoms. The molecule has 0 amide bonds. The highest BCUT2D eigenvalue weighted by Gasteiger charge is 2.42. The first kappa shape index (κ1) is 21.2. The standard InChI is InChI=1S/C22H31BrO2S2/c1-4-6-8-10-12-22(13-11-9-7-5-2)16-14-18(23)26-20(16)21-17(25-22)15-19(24-3)27-21/h14-15H,4-13H2,1-3H3. The van der Waals surface area contributed by atoms with Crippen molar-refractivity contribution >= 4 is 38.6 Å². The molecule has 0 bridgehead atoms. The van der Waals surface area contributed by atoms with Crippen molar-refractivity contribution in [1.29, 1.82) is 0 Å². The third-order valence-corrected chi connectivity index (χ3v) is 8.33. The molecule has 0 atom stereocenters. The topological polar surface area (TPSA) is 18.5 Å². The number of halogens is 1. The number of fused-ring (bicyclic) bond motifs is 3. The zero-order chi connectivity index (χ0) is 19.3. The van der Waals surface area contributed by atoms with E-state index in [2.05, 4.69) is 41.9 Å². The number of hydrogen-bond donors (Lipinski definition) is 0. The third-order valence-electron chi connectivity index (χ3n) is 5.45. The van der Waals surface area contributed by atoms with Crippen LogP contribution in [0.5, 0.6) is 10.8 Å². The van der Waals surface area contributed by atoms with Gasteiger partial charge in [0.05, 0.1) is 20.7 Å². The Labute approximate surface area is 180 Å². The predicted molar refractivity (Wildman–Crippen MR) is 122 cm³/mol. The van der Waals surface area contributed by atoms with Gasteiger partial charge in [0.2, 0.25) is 0 Å². The summed E-state index contributed by atoms with van der Waals surface area (Å²) in [7, 11) is 1.74. The summed E-state index contributed by atoms with van der Waals surface area (Å²) in [5, 5.41) is 0.934. The Morgan fingerprint density at radius 3 is 2.19 bits per heavy atom. The second kappa shape index (κ2) is 9.80. The Bertz CT molecular complexity index is 723. The van der Waals surface area contributed by atoms with Crippen molar-refractivity contribution in [3.05, 3.63) is 21.5 Å². The normalized spacial score (nSPS) is 14.5. The SMILES string of the molecule is CCCCCCC1(CCCCCC)Oc2cc(OC)sc2-c2sc(Br)cc21. The number of unbranched alkanes of at least 4 members (excludes halogenated alkanes) is 6. The molecular formula is C22H31BrO2S2. The van der Waals surface area contributed by atoms with E-state index < -0.39 is 0 Å². The molecule has 150 valence electrons. The van der Waals surface area contributed by atoms with E-state index in [1.54, 1.807) is 18.4 Å². The van der Waals surface area contributed by atoms with Gasteiger partial charge in [-0.25, -0.2) is 0 Å². The molecule has 0 aromatic carbocycles. The zero-order valence-electron chi connectivity index (χ0n) is 16.7. The molecule has 0 fully saturated rings. The Morgan fingerprint density at radius 1 is 0.926 bits per heavy atom. The van der Waals surface area contributed by atoms with E-state index in [0.29, 0.717) is 0 Å². The quantitative estimate of drug-likeness (QED) is 0.305. The molecule has 3 rings (SSSR count). The van der Waals surface area contributed by atoms with E-state index in [0.717, 1.165) is 23.7 Å². The van der Waals surface area contributed by atoms with Crippen LogP contribution in [0.3, 0.4) is 0 Å². The van der Waals surface area contributed by atoms with Gasteiger partial charge < -0.3 is 9.47 Å². The fraction of sp³-hybridized carbons (Fsp3) is 0.636.